The molecule has 2 rings (SSSR count). The monoisotopic (exact) mass is 376 g/mol. The molecule has 9 heteroatoms. The number of carboxylic acid groups (broad SMARTS) is 2. The maximum Gasteiger partial charge on any atom is 0.322 e. The highest BCUT2D eigenvalue weighted by molar-refractivity contribution is 5.75. The number of rotatable bonds is 9. The molecular weight excluding hydrogens is 356 g/mol. The third kappa shape index (κ3) is 5.87. The summed E-state index contributed by atoms with van der Waals surface area (Å²) in [5, 5.41) is 46.8. The molecule has 2 aromatic carbocycles. The lowest BCUT2D eigenvalue weighted by Crippen LogP contribution is -2.53. The van der Waals surface area contributed by atoms with Gasteiger partial charge in [0, 0.05) is 0 Å². The lowest BCUT2D eigenvalue weighted by atomic mass is 10.1. The summed E-state index contributed by atoms with van der Waals surface area (Å²) in [5.41, 5.74) is 6.08. The van der Waals surface area contributed by atoms with Crippen molar-refractivity contribution in [3.63, 3.8) is 0 Å². The number of phenolic OH excluding ortho intramolecular Hbond substituents is 3. The quantitative estimate of drug-likeness (QED) is 0.245. The van der Waals surface area contributed by atoms with Gasteiger partial charge in [0.05, 0.1) is 0 Å². The van der Waals surface area contributed by atoms with Gasteiger partial charge in [-0.25, -0.2) is 10.9 Å². The number of nitrogens with one attached hydrogen (secondary N) is 2. The molecule has 0 aliphatic rings. The predicted molar refractivity (Wildman–Crippen MR) is 94.4 cm³/mol. The Bertz CT molecular complexity index is 808. The molecule has 0 saturated carbocycles. The van der Waals surface area contributed by atoms with Crippen LogP contribution < -0.4 is 10.9 Å². The van der Waals surface area contributed by atoms with Crippen LogP contribution in [0.4, 0.5) is 0 Å². The van der Waals surface area contributed by atoms with Gasteiger partial charge in [-0.3, -0.25) is 9.59 Å². The van der Waals surface area contributed by atoms with Crippen LogP contribution >= 0.6 is 0 Å². The second-order valence-electron chi connectivity index (χ2n) is 5.97. The van der Waals surface area contributed by atoms with Gasteiger partial charge < -0.3 is 25.5 Å². The number of benzene rings is 2. The maximum absolute atomic E-state index is 11.4. The molecule has 0 fully saturated rings. The summed E-state index contributed by atoms with van der Waals surface area (Å²) in [5.74, 6) is -3.04. The van der Waals surface area contributed by atoms with Crippen molar-refractivity contribution in [3.8, 4) is 17.2 Å². The number of hydrogen-bond donors (Lipinski definition) is 7. The Hall–Kier alpha value is -3.30. The van der Waals surface area contributed by atoms with Gasteiger partial charge >= 0.3 is 11.9 Å². The summed E-state index contributed by atoms with van der Waals surface area (Å²) in [7, 11) is 0. The first-order valence-electron chi connectivity index (χ1n) is 8.01. The topological polar surface area (TPSA) is 159 Å². The van der Waals surface area contributed by atoms with Gasteiger partial charge in [-0.1, -0.05) is 18.2 Å². The van der Waals surface area contributed by atoms with E-state index in [0.717, 1.165) is 0 Å². The second kappa shape index (κ2) is 8.88. The molecule has 0 radical (unpaired) electrons. The largest absolute Gasteiger partial charge is 0.508 e. The van der Waals surface area contributed by atoms with Crippen molar-refractivity contribution in [2.24, 2.45) is 0 Å². The van der Waals surface area contributed by atoms with Crippen LogP contribution in [0, 0.1) is 0 Å². The average molecular weight is 376 g/mol. The normalized spacial score (nSPS) is 13.0. The Morgan fingerprint density at radius 3 is 1.70 bits per heavy atom. The molecule has 144 valence electrons. The van der Waals surface area contributed by atoms with E-state index in [2.05, 4.69) is 10.9 Å². The fourth-order valence-corrected chi connectivity index (χ4v) is 2.40. The number of hydrazine groups is 1. The zero-order chi connectivity index (χ0) is 20.0. The molecule has 9 nitrogen and oxygen atoms in total. The van der Waals surface area contributed by atoms with E-state index in [9.17, 15) is 35.1 Å². The summed E-state index contributed by atoms with van der Waals surface area (Å²) in [6.07, 6.45) is 0.0106. The Labute approximate surface area is 154 Å². The first kappa shape index (κ1) is 20.0. The van der Waals surface area contributed by atoms with Crippen molar-refractivity contribution in [2.75, 3.05) is 0 Å². The fraction of sp³-hybridized carbons (Fsp3) is 0.222. The van der Waals surface area contributed by atoms with E-state index < -0.39 is 24.0 Å². The molecule has 2 atom stereocenters. The average Bonchev–Trinajstić information content (AvgIpc) is 2.61. The molecule has 7 N–H and O–H groups in total. The summed E-state index contributed by atoms with van der Waals surface area (Å²) in [6, 6.07) is 7.65. The number of carbonyl (C=O) groups is 2. The van der Waals surface area contributed by atoms with Crippen LogP contribution in [-0.2, 0) is 22.4 Å². The van der Waals surface area contributed by atoms with Gasteiger partial charge in [0.15, 0.2) is 11.5 Å². The van der Waals surface area contributed by atoms with Crippen LogP contribution in [0.15, 0.2) is 42.5 Å². The molecule has 0 heterocycles. The van der Waals surface area contributed by atoms with Crippen LogP contribution in [0.25, 0.3) is 0 Å². The lowest BCUT2D eigenvalue weighted by Gasteiger charge is -2.20. The second-order valence-corrected chi connectivity index (χ2v) is 5.97. The van der Waals surface area contributed by atoms with Gasteiger partial charge in [-0.2, -0.15) is 0 Å². The molecule has 0 amide bonds. The van der Waals surface area contributed by atoms with Gasteiger partial charge in [-0.05, 0) is 48.2 Å². The Morgan fingerprint density at radius 2 is 1.22 bits per heavy atom. The predicted octanol–water partition coefficient (Wildman–Crippen LogP) is 0.589. The highest BCUT2D eigenvalue weighted by atomic mass is 16.4. The maximum atomic E-state index is 11.4. The standard InChI is InChI=1S/C18H20N2O7/c21-12-4-1-10(2-5-12)7-13(17(24)25)19-20-14(18(26)27)8-11-3-6-15(22)16(23)9-11/h1-6,9,13-14,19-23H,7-8H2,(H,24,25)(H,26,27)/t13-,14-/m0/s1. The van der Waals surface area contributed by atoms with Gasteiger partial charge in [0.25, 0.3) is 0 Å². The number of hydrogen-bond acceptors (Lipinski definition) is 7. The molecule has 0 saturated heterocycles. The van der Waals surface area contributed by atoms with Crippen molar-refractivity contribution >= 4 is 11.9 Å². The van der Waals surface area contributed by atoms with Crippen molar-refractivity contribution in [2.45, 2.75) is 24.9 Å². The zero-order valence-corrected chi connectivity index (χ0v) is 14.2. The minimum Gasteiger partial charge on any atom is -0.508 e. The van der Waals surface area contributed by atoms with Crippen LogP contribution in [0.5, 0.6) is 17.2 Å². The van der Waals surface area contributed by atoms with Gasteiger partial charge in [-0.15, -0.1) is 0 Å². The Kier molecular flexibility index (Phi) is 6.58. The van der Waals surface area contributed by atoms with Crippen molar-refractivity contribution in [1.82, 2.24) is 10.9 Å². The molecule has 0 spiro atoms. The third-order valence-corrected chi connectivity index (χ3v) is 3.88. The summed E-state index contributed by atoms with van der Waals surface area (Å²) < 4.78 is 0. The van der Waals surface area contributed by atoms with Crippen molar-refractivity contribution < 1.29 is 35.1 Å². The molecule has 27 heavy (non-hydrogen) atoms. The summed E-state index contributed by atoms with van der Waals surface area (Å²) >= 11 is 0. The fourth-order valence-electron chi connectivity index (χ4n) is 2.40. The van der Waals surface area contributed by atoms with Crippen molar-refractivity contribution in [3.05, 3.63) is 53.6 Å². The SMILES string of the molecule is O=C(O)[C@H](Cc1ccc(O)cc1)NN[C@@H](Cc1ccc(O)c(O)c1)C(=O)O. The lowest BCUT2D eigenvalue weighted by molar-refractivity contribution is -0.143. The van der Waals surface area contributed by atoms with Crippen LogP contribution in [0.1, 0.15) is 11.1 Å². The minimum absolute atomic E-state index is 0.0538. The number of carboxylic acids is 2. The van der Waals surface area contributed by atoms with Crippen LogP contribution in [-0.4, -0.2) is 49.6 Å². The van der Waals surface area contributed by atoms with E-state index >= 15 is 0 Å². The highest BCUT2D eigenvalue weighted by Gasteiger charge is 2.23. The molecule has 0 aromatic heterocycles. The highest BCUT2D eigenvalue weighted by Crippen LogP contribution is 2.25. The van der Waals surface area contributed by atoms with Crippen molar-refractivity contribution in [1.29, 1.82) is 0 Å². The Balaban J connectivity index is 2.02. The van der Waals surface area contributed by atoms with E-state index in [4.69, 9.17) is 0 Å². The minimum atomic E-state index is -1.22. The smallest absolute Gasteiger partial charge is 0.322 e. The number of phenols is 3. The molecule has 0 aliphatic carbocycles. The van der Waals surface area contributed by atoms with Crippen LogP contribution in [0.2, 0.25) is 0 Å². The van der Waals surface area contributed by atoms with E-state index in [0.29, 0.717) is 11.1 Å². The van der Waals surface area contributed by atoms with E-state index in [1.54, 1.807) is 12.1 Å². The molecular formula is C18H20N2O7. The summed E-state index contributed by atoms with van der Waals surface area (Å²) in [6.45, 7) is 0. The van der Waals surface area contributed by atoms with Crippen LogP contribution in [0.3, 0.4) is 0 Å². The molecule has 0 aliphatic heterocycles. The molecule has 2 aromatic rings. The number of aliphatic carboxylic acids is 2. The summed E-state index contributed by atoms with van der Waals surface area (Å²) in [4.78, 5) is 22.9. The molecule has 0 bridgehead atoms. The third-order valence-electron chi connectivity index (χ3n) is 3.88. The van der Waals surface area contributed by atoms with Gasteiger partial charge in [0.2, 0.25) is 0 Å². The molecule has 0 unspecified atom stereocenters. The first-order valence-corrected chi connectivity index (χ1v) is 8.01. The first-order chi connectivity index (χ1) is 12.8. The van der Waals surface area contributed by atoms with E-state index in [1.165, 1.54) is 30.3 Å². The van der Waals surface area contributed by atoms with Gasteiger partial charge in [0.1, 0.15) is 17.8 Å². The number of aromatic hydroxyl groups is 3. The van der Waals surface area contributed by atoms with E-state index in [1.807, 2.05) is 0 Å². The Morgan fingerprint density at radius 1 is 0.741 bits per heavy atom. The zero-order valence-electron chi connectivity index (χ0n) is 14.2. The van der Waals surface area contributed by atoms with E-state index in [-0.39, 0.29) is 30.1 Å².